The van der Waals surface area contributed by atoms with Crippen molar-refractivity contribution >= 4 is 17.2 Å². The predicted octanol–water partition coefficient (Wildman–Crippen LogP) is 4.82. The summed E-state index contributed by atoms with van der Waals surface area (Å²) in [7, 11) is 0. The van der Waals surface area contributed by atoms with Gasteiger partial charge in [-0.2, -0.15) is 0 Å². The van der Waals surface area contributed by atoms with Crippen LogP contribution in [0, 0.1) is 0 Å². The number of para-hydroxylation sites is 1. The van der Waals surface area contributed by atoms with Crippen molar-refractivity contribution in [1.29, 1.82) is 0 Å². The van der Waals surface area contributed by atoms with E-state index in [0.717, 1.165) is 27.4 Å². The Morgan fingerprint density at radius 3 is 1.93 bits per heavy atom. The number of nitrogens with zero attached hydrogens (tertiary/aromatic N) is 2. The molecule has 0 aliphatic rings. The van der Waals surface area contributed by atoms with Crippen molar-refractivity contribution in [2.24, 2.45) is 5.10 Å². The van der Waals surface area contributed by atoms with Gasteiger partial charge < -0.3 is 0 Å². The van der Waals surface area contributed by atoms with E-state index in [-0.39, 0.29) is 5.91 Å². The lowest BCUT2D eigenvalue weighted by molar-refractivity contribution is -0.119. The molecular formula is C23H19N3OS. The summed E-state index contributed by atoms with van der Waals surface area (Å²) in [6, 6.07) is 30.6. The molecule has 3 aromatic carbocycles. The first-order valence-corrected chi connectivity index (χ1v) is 9.78. The van der Waals surface area contributed by atoms with Crippen LogP contribution in [-0.4, -0.2) is 10.5 Å². The van der Waals surface area contributed by atoms with E-state index < -0.39 is 0 Å². The molecule has 4 rings (SSSR count). The molecule has 5 heteroatoms. The number of amides is 1. The average Bonchev–Trinajstić information content (AvgIpc) is 3.14. The maximum Gasteiger partial charge on any atom is 0.237 e. The van der Waals surface area contributed by atoms with Gasteiger partial charge in [0.2, 0.25) is 10.7 Å². The molecule has 0 aliphatic carbocycles. The fourth-order valence-corrected chi connectivity index (χ4v) is 4.16. The molecule has 0 spiro atoms. The first-order valence-electron chi connectivity index (χ1n) is 8.96. The molecule has 138 valence electrons. The van der Waals surface area contributed by atoms with Gasteiger partial charge in [0.25, 0.3) is 0 Å². The van der Waals surface area contributed by atoms with Crippen molar-refractivity contribution in [2.75, 3.05) is 0 Å². The van der Waals surface area contributed by atoms with Crippen molar-refractivity contribution in [2.45, 2.75) is 6.92 Å². The highest BCUT2D eigenvalue weighted by Crippen LogP contribution is 2.36. The largest absolute Gasteiger partial charge is 0.283 e. The molecule has 0 aliphatic heterocycles. The number of carbonyl (C=O) groups is 1. The Labute approximate surface area is 167 Å². The zero-order valence-corrected chi connectivity index (χ0v) is 16.2. The van der Waals surface area contributed by atoms with Gasteiger partial charge in [-0.15, -0.1) is 5.10 Å². The Morgan fingerprint density at radius 1 is 0.821 bits per heavy atom. The van der Waals surface area contributed by atoms with E-state index >= 15 is 0 Å². The van der Waals surface area contributed by atoms with Crippen molar-refractivity contribution in [3.63, 3.8) is 0 Å². The number of benzene rings is 3. The summed E-state index contributed by atoms with van der Waals surface area (Å²) in [4.78, 5) is 13.3. The number of hydrogen-bond acceptors (Lipinski definition) is 3. The van der Waals surface area contributed by atoms with E-state index in [1.54, 1.807) is 11.3 Å². The molecule has 4 nitrogen and oxygen atoms in total. The highest BCUT2D eigenvalue weighted by molar-refractivity contribution is 7.13. The van der Waals surface area contributed by atoms with Crippen LogP contribution in [0.2, 0.25) is 0 Å². The molecule has 0 radical (unpaired) electrons. The third-order valence-electron chi connectivity index (χ3n) is 4.23. The van der Waals surface area contributed by atoms with Gasteiger partial charge in [0, 0.05) is 18.2 Å². The van der Waals surface area contributed by atoms with Crippen LogP contribution >= 0.6 is 11.3 Å². The molecule has 0 bridgehead atoms. The van der Waals surface area contributed by atoms with Crippen LogP contribution in [-0.2, 0) is 4.79 Å². The van der Waals surface area contributed by atoms with Crippen LogP contribution < -0.4 is 10.2 Å². The molecule has 1 N–H and O–H groups in total. The minimum absolute atomic E-state index is 0.199. The fourth-order valence-electron chi connectivity index (χ4n) is 3.04. The third-order valence-corrected chi connectivity index (χ3v) is 5.32. The Balaban J connectivity index is 2.08. The summed E-state index contributed by atoms with van der Waals surface area (Å²) < 4.78 is 2.10. The maximum absolute atomic E-state index is 11.5. The van der Waals surface area contributed by atoms with Gasteiger partial charge in [-0.3, -0.25) is 9.36 Å². The van der Waals surface area contributed by atoms with E-state index in [1.807, 2.05) is 66.7 Å². The van der Waals surface area contributed by atoms with Crippen LogP contribution in [0.25, 0.3) is 27.4 Å². The lowest BCUT2D eigenvalue weighted by atomic mass is 10.1. The molecule has 28 heavy (non-hydrogen) atoms. The van der Waals surface area contributed by atoms with E-state index in [4.69, 9.17) is 0 Å². The molecule has 0 fully saturated rings. The number of nitrogens with one attached hydrogen (secondary N) is 1. The van der Waals surface area contributed by atoms with Gasteiger partial charge in [0.15, 0.2) is 0 Å². The van der Waals surface area contributed by atoms with Crippen molar-refractivity contribution in [3.8, 4) is 27.4 Å². The summed E-state index contributed by atoms with van der Waals surface area (Å²) in [5.41, 5.74) is 6.83. The molecule has 0 atom stereocenters. The second-order valence-corrected chi connectivity index (χ2v) is 7.22. The highest BCUT2D eigenvalue weighted by Gasteiger charge is 2.18. The zero-order valence-electron chi connectivity index (χ0n) is 15.4. The number of hydrogen-bond donors (Lipinski definition) is 1. The Morgan fingerprint density at radius 2 is 1.36 bits per heavy atom. The number of thiazole rings is 1. The molecule has 0 saturated carbocycles. The molecule has 1 heterocycles. The Hall–Kier alpha value is -3.44. The normalized spacial score (nSPS) is 11.4. The van der Waals surface area contributed by atoms with Gasteiger partial charge in [-0.1, -0.05) is 90.2 Å². The van der Waals surface area contributed by atoms with Crippen LogP contribution in [0.15, 0.2) is 96.1 Å². The second kappa shape index (κ2) is 8.06. The molecule has 1 amide bonds. The van der Waals surface area contributed by atoms with E-state index in [1.165, 1.54) is 6.92 Å². The topological polar surface area (TPSA) is 46.4 Å². The molecule has 0 unspecified atom stereocenters. The molecule has 4 aromatic rings. The lowest BCUT2D eigenvalue weighted by Gasteiger charge is -2.11. The third kappa shape index (κ3) is 3.66. The first-order chi connectivity index (χ1) is 13.7. The summed E-state index contributed by atoms with van der Waals surface area (Å²) in [6.07, 6.45) is 0. The van der Waals surface area contributed by atoms with Crippen molar-refractivity contribution in [3.05, 3.63) is 95.8 Å². The SMILES string of the molecule is CC(=O)NN=c1sc(-c2ccccc2)c(-c2ccccc2)n1-c1ccccc1. The second-order valence-electron chi connectivity index (χ2n) is 6.25. The lowest BCUT2D eigenvalue weighted by Crippen LogP contribution is -2.22. The Kier molecular flexibility index (Phi) is 5.17. The summed E-state index contributed by atoms with van der Waals surface area (Å²) in [5, 5.41) is 4.40. The van der Waals surface area contributed by atoms with Gasteiger partial charge in [-0.05, 0) is 17.7 Å². The van der Waals surface area contributed by atoms with E-state index in [9.17, 15) is 4.79 Å². The number of aromatic nitrogens is 1. The maximum atomic E-state index is 11.5. The van der Waals surface area contributed by atoms with Crippen molar-refractivity contribution < 1.29 is 4.79 Å². The monoisotopic (exact) mass is 385 g/mol. The summed E-state index contributed by atoms with van der Waals surface area (Å²) >= 11 is 1.55. The zero-order chi connectivity index (χ0) is 19.3. The van der Waals surface area contributed by atoms with Crippen LogP contribution in [0.3, 0.4) is 0 Å². The number of carbonyl (C=O) groups excluding carboxylic acids is 1. The fraction of sp³-hybridized carbons (Fsp3) is 0.0435. The quantitative estimate of drug-likeness (QED) is 0.503. The molecule has 0 saturated heterocycles. The smallest absolute Gasteiger partial charge is 0.237 e. The Bertz CT molecular complexity index is 1150. The van der Waals surface area contributed by atoms with Crippen molar-refractivity contribution in [1.82, 2.24) is 9.99 Å². The first kappa shape index (κ1) is 17.9. The molecule has 1 aromatic heterocycles. The summed E-state index contributed by atoms with van der Waals surface area (Å²) in [6.45, 7) is 1.46. The average molecular weight is 385 g/mol. The van der Waals surface area contributed by atoms with E-state index in [0.29, 0.717) is 4.80 Å². The van der Waals surface area contributed by atoms with Gasteiger partial charge in [0.05, 0.1) is 10.6 Å². The van der Waals surface area contributed by atoms with Gasteiger partial charge in [-0.25, -0.2) is 5.43 Å². The van der Waals surface area contributed by atoms with Gasteiger partial charge in [0.1, 0.15) is 0 Å². The number of rotatable bonds is 4. The van der Waals surface area contributed by atoms with Crippen LogP contribution in [0.1, 0.15) is 6.92 Å². The predicted molar refractivity (Wildman–Crippen MR) is 114 cm³/mol. The standard InChI is InChI=1S/C23H19N3OS/c1-17(27)24-25-23-26(20-15-9-4-10-16-20)21(18-11-5-2-6-12-18)22(28-23)19-13-7-3-8-14-19/h2-16H,1H3,(H,24,27). The van der Waals surface area contributed by atoms with Gasteiger partial charge >= 0.3 is 0 Å². The molecular weight excluding hydrogens is 366 g/mol. The summed E-state index contributed by atoms with van der Waals surface area (Å²) in [5.74, 6) is -0.199. The van der Waals surface area contributed by atoms with Crippen LogP contribution in [0.4, 0.5) is 0 Å². The minimum atomic E-state index is -0.199. The van der Waals surface area contributed by atoms with Crippen LogP contribution in [0.5, 0.6) is 0 Å². The minimum Gasteiger partial charge on any atom is -0.283 e. The highest BCUT2D eigenvalue weighted by atomic mass is 32.1. The van der Waals surface area contributed by atoms with E-state index in [2.05, 4.69) is 39.4 Å².